The molecule has 0 saturated carbocycles. The zero-order valence-corrected chi connectivity index (χ0v) is 14.3. The van der Waals surface area contributed by atoms with Gasteiger partial charge in [0.25, 0.3) is 0 Å². The van der Waals surface area contributed by atoms with Gasteiger partial charge < -0.3 is 4.84 Å². The lowest BCUT2D eigenvalue weighted by molar-refractivity contribution is -0.199. The van der Waals surface area contributed by atoms with Gasteiger partial charge in [0.2, 0.25) is 0 Å². The van der Waals surface area contributed by atoms with Crippen LogP contribution < -0.4 is 0 Å². The fourth-order valence-electron chi connectivity index (χ4n) is 2.24. The Morgan fingerprint density at radius 2 is 1.38 bits per heavy atom. The molecule has 136 valence electrons. The molecule has 0 N–H and O–H groups in total. The minimum absolute atomic E-state index is 0.757. The van der Waals surface area contributed by atoms with Crippen molar-refractivity contribution in [2.75, 3.05) is 0 Å². The number of benzene rings is 2. The third-order valence-corrected chi connectivity index (χ3v) is 3.44. The number of oxime groups is 1. The van der Waals surface area contributed by atoms with Gasteiger partial charge in [0.15, 0.2) is 0 Å². The summed E-state index contributed by atoms with van der Waals surface area (Å²) in [6.45, 7) is 3.51. The van der Waals surface area contributed by atoms with Gasteiger partial charge in [-0.3, -0.25) is 0 Å². The Hall–Kier alpha value is -2.89. The van der Waals surface area contributed by atoms with Crippen LogP contribution in [0, 0.1) is 5.41 Å². The topological polar surface area (TPSA) is 38.7 Å². The van der Waals surface area contributed by atoms with Gasteiger partial charge in [-0.25, -0.2) is 4.79 Å². The van der Waals surface area contributed by atoms with Gasteiger partial charge in [-0.15, -0.1) is 0 Å². The van der Waals surface area contributed by atoms with Crippen LogP contribution in [0.5, 0.6) is 0 Å². The van der Waals surface area contributed by atoms with E-state index < -0.39 is 17.6 Å². The van der Waals surface area contributed by atoms with Crippen molar-refractivity contribution >= 4 is 17.8 Å². The molecule has 0 fully saturated rings. The number of hydrogen-bond acceptors (Lipinski definition) is 3. The fourth-order valence-corrected chi connectivity index (χ4v) is 2.24. The Balaban J connectivity index is 2.32. The lowest BCUT2D eigenvalue weighted by atomic mass is 9.87. The molecule has 2 aromatic rings. The molecule has 0 aliphatic rings. The number of carbonyl (C=O) groups is 1. The zero-order valence-electron chi connectivity index (χ0n) is 14.3. The smallest absolute Gasteiger partial charge is 0.309 e. The number of allylic oxidation sites excluding steroid dienone is 1. The van der Waals surface area contributed by atoms with Gasteiger partial charge in [0, 0.05) is 5.41 Å². The SMILES string of the molecule is CC(C)(C=C(c1ccccc1)c1ccccc1)/C=N/OC(=O)C(F)(F)F. The second kappa shape index (κ2) is 7.99. The number of halogens is 3. The van der Waals surface area contributed by atoms with Crippen molar-refractivity contribution in [1.29, 1.82) is 0 Å². The predicted octanol–water partition coefficient (Wildman–Crippen LogP) is 5.24. The first-order valence-electron chi connectivity index (χ1n) is 7.85. The predicted molar refractivity (Wildman–Crippen MR) is 94.4 cm³/mol. The molecule has 0 radical (unpaired) electrons. The highest BCUT2D eigenvalue weighted by Crippen LogP contribution is 2.29. The van der Waals surface area contributed by atoms with Gasteiger partial charge in [-0.05, 0) is 16.7 Å². The van der Waals surface area contributed by atoms with Gasteiger partial charge in [0.1, 0.15) is 0 Å². The number of nitrogens with zero attached hydrogens (tertiary/aromatic N) is 1. The highest BCUT2D eigenvalue weighted by Gasteiger charge is 2.41. The highest BCUT2D eigenvalue weighted by molar-refractivity contribution is 5.83. The summed E-state index contributed by atoms with van der Waals surface area (Å²) in [5, 5.41) is 3.21. The van der Waals surface area contributed by atoms with Crippen molar-refractivity contribution in [1.82, 2.24) is 0 Å². The maximum absolute atomic E-state index is 12.2. The molecule has 0 saturated heterocycles. The Morgan fingerprint density at radius 1 is 0.923 bits per heavy atom. The van der Waals surface area contributed by atoms with Crippen LogP contribution in [0.2, 0.25) is 0 Å². The number of rotatable bonds is 5. The van der Waals surface area contributed by atoms with Crippen LogP contribution in [0.1, 0.15) is 25.0 Å². The van der Waals surface area contributed by atoms with E-state index in [1.807, 2.05) is 66.7 Å². The summed E-state index contributed by atoms with van der Waals surface area (Å²) in [6.07, 6.45) is -2.04. The Bertz CT molecular complexity index is 753. The van der Waals surface area contributed by atoms with E-state index in [0.29, 0.717) is 0 Å². The van der Waals surface area contributed by atoms with E-state index in [4.69, 9.17) is 0 Å². The third kappa shape index (κ3) is 5.58. The summed E-state index contributed by atoms with van der Waals surface area (Å²) in [4.78, 5) is 14.7. The Labute approximate surface area is 149 Å². The molecule has 0 aromatic heterocycles. The van der Waals surface area contributed by atoms with E-state index in [1.165, 1.54) is 6.21 Å². The summed E-state index contributed by atoms with van der Waals surface area (Å²) >= 11 is 0. The molecule has 0 spiro atoms. The molecule has 3 nitrogen and oxygen atoms in total. The van der Waals surface area contributed by atoms with Crippen molar-refractivity contribution in [3.05, 3.63) is 77.9 Å². The van der Waals surface area contributed by atoms with Crippen LogP contribution in [0.15, 0.2) is 71.9 Å². The molecule has 0 atom stereocenters. The molecule has 2 aromatic carbocycles. The first-order valence-corrected chi connectivity index (χ1v) is 7.85. The molecule has 6 heteroatoms. The first-order chi connectivity index (χ1) is 12.2. The van der Waals surface area contributed by atoms with Crippen LogP contribution in [0.4, 0.5) is 13.2 Å². The van der Waals surface area contributed by atoms with Crippen LogP contribution in [0.3, 0.4) is 0 Å². The monoisotopic (exact) mass is 361 g/mol. The lowest BCUT2D eigenvalue weighted by Gasteiger charge is -2.18. The summed E-state index contributed by atoms with van der Waals surface area (Å²) in [6, 6.07) is 19.2. The van der Waals surface area contributed by atoms with E-state index in [2.05, 4.69) is 9.99 Å². The van der Waals surface area contributed by atoms with Gasteiger partial charge >= 0.3 is 12.1 Å². The third-order valence-electron chi connectivity index (χ3n) is 3.44. The number of alkyl halides is 3. The second-order valence-corrected chi connectivity index (χ2v) is 6.22. The summed E-state index contributed by atoms with van der Waals surface area (Å²) in [7, 11) is 0. The van der Waals surface area contributed by atoms with E-state index in [0.717, 1.165) is 16.7 Å². The minimum Gasteiger partial charge on any atom is -0.309 e. The molecule has 0 aliphatic heterocycles. The molecule has 26 heavy (non-hydrogen) atoms. The van der Waals surface area contributed by atoms with Gasteiger partial charge in [-0.1, -0.05) is 85.7 Å². The molecular formula is C20H18F3NO2. The first kappa shape index (κ1) is 19.4. The zero-order chi connectivity index (χ0) is 19.2. The van der Waals surface area contributed by atoms with Crippen molar-refractivity contribution in [3.63, 3.8) is 0 Å². The van der Waals surface area contributed by atoms with Crippen molar-refractivity contribution in [2.45, 2.75) is 20.0 Å². The van der Waals surface area contributed by atoms with Gasteiger partial charge in [0.05, 0.1) is 6.21 Å². The Kier molecular flexibility index (Phi) is 5.97. The van der Waals surface area contributed by atoms with Crippen LogP contribution in [-0.2, 0) is 9.63 Å². The maximum atomic E-state index is 12.2. The van der Waals surface area contributed by atoms with Crippen LogP contribution in [0.25, 0.3) is 5.57 Å². The van der Waals surface area contributed by atoms with E-state index in [-0.39, 0.29) is 0 Å². The minimum atomic E-state index is -5.07. The molecule has 0 bridgehead atoms. The quantitative estimate of drug-likeness (QED) is 0.415. The van der Waals surface area contributed by atoms with Crippen molar-refractivity contribution in [2.24, 2.45) is 10.6 Å². The van der Waals surface area contributed by atoms with E-state index in [1.54, 1.807) is 13.8 Å². The molecule has 2 rings (SSSR count). The largest absolute Gasteiger partial charge is 0.493 e. The number of hydrogen-bond donors (Lipinski definition) is 0. The fraction of sp³-hybridized carbons (Fsp3) is 0.200. The standard InChI is InChI=1S/C20H18F3NO2/c1-19(2,14-24-26-18(25)20(21,22)23)13-17(15-9-5-3-6-10-15)16-11-7-4-8-12-16/h3-14H,1-2H3/b24-14+. The molecule has 0 amide bonds. The molecular weight excluding hydrogens is 343 g/mol. The van der Waals surface area contributed by atoms with Crippen molar-refractivity contribution in [3.8, 4) is 0 Å². The average Bonchev–Trinajstić information content (AvgIpc) is 2.60. The summed E-state index contributed by atoms with van der Waals surface area (Å²) in [5.74, 6) is -2.35. The van der Waals surface area contributed by atoms with E-state index >= 15 is 0 Å². The molecule has 0 heterocycles. The van der Waals surface area contributed by atoms with Crippen molar-refractivity contribution < 1.29 is 22.8 Å². The van der Waals surface area contributed by atoms with Crippen LogP contribution in [-0.4, -0.2) is 18.4 Å². The number of carbonyl (C=O) groups excluding carboxylic acids is 1. The maximum Gasteiger partial charge on any atom is 0.493 e. The van der Waals surface area contributed by atoms with Crippen LogP contribution >= 0.6 is 0 Å². The normalized spacial score (nSPS) is 12.0. The van der Waals surface area contributed by atoms with E-state index in [9.17, 15) is 18.0 Å². The van der Waals surface area contributed by atoms with Gasteiger partial charge in [-0.2, -0.15) is 13.2 Å². The summed E-state index contributed by atoms with van der Waals surface area (Å²) < 4.78 is 36.5. The molecule has 0 unspecified atom stereocenters. The Morgan fingerprint density at radius 3 is 1.81 bits per heavy atom. The lowest BCUT2D eigenvalue weighted by Crippen LogP contribution is -2.24. The average molecular weight is 361 g/mol. The highest BCUT2D eigenvalue weighted by atomic mass is 19.4. The summed E-state index contributed by atoms with van der Waals surface area (Å²) in [5.41, 5.74) is 2.04. The molecule has 0 aliphatic carbocycles. The second-order valence-electron chi connectivity index (χ2n) is 6.22.